The first kappa shape index (κ1) is 22.0. The second-order valence-corrected chi connectivity index (χ2v) is 7.37. The summed E-state index contributed by atoms with van der Waals surface area (Å²) in [7, 11) is 0. The summed E-state index contributed by atoms with van der Waals surface area (Å²) < 4.78 is 11.0. The van der Waals surface area contributed by atoms with Gasteiger partial charge < -0.3 is 9.47 Å². The quantitative estimate of drug-likeness (QED) is 0.368. The van der Waals surface area contributed by atoms with Gasteiger partial charge in [-0.25, -0.2) is 4.79 Å². The molecule has 0 saturated carbocycles. The number of carbonyl (C=O) groups is 1. The van der Waals surface area contributed by atoms with Gasteiger partial charge in [-0.05, 0) is 24.0 Å². The first-order chi connectivity index (χ1) is 13.7. The fourth-order valence-electron chi connectivity index (χ4n) is 3.42. The minimum atomic E-state index is -0.560. The van der Waals surface area contributed by atoms with Crippen molar-refractivity contribution in [1.82, 2.24) is 0 Å². The van der Waals surface area contributed by atoms with Crippen molar-refractivity contribution in [3.05, 3.63) is 71.8 Å². The molecular weight excluding hydrogens is 348 g/mol. The Kier molecular flexibility index (Phi) is 10.2. The van der Waals surface area contributed by atoms with Gasteiger partial charge >= 0.3 is 6.16 Å². The molecule has 2 aromatic carbocycles. The third kappa shape index (κ3) is 7.75. The van der Waals surface area contributed by atoms with Gasteiger partial charge in [0.15, 0.2) is 0 Å². The van der Waals surface area contributed by atoms with Crippen molar-refractivity contribution in [2.75, 3.05) is 13.2 Å². The highest BCUT2D eigenvalue weighted by Gasteiger charge is 2.17. The molecule has 0 aliphatic heterocycles. The Morgan fingerprint density at radius 2 is 1.11 bits per heavy atom. The lowest BCUT2D eigenvalue weighted by molar-refractivity contribution is 0.0453. The molecule has 2 aromatic rings. The molecule has 0 aromatic heterocycles. The Morgan fingerprint density at radius 3 is 1.46 bits per heavy atom. The van der Waals surface area contributed by atoms with Crippen LogP contribution in [0, 0.1) is 0 Å². The topological polar surface area (TPSA) is 35.5 Å². The number of carbonyl (C=O) groups excluding carboxylic acids is 1. The first-order valence-electron chi connectivity index (χ1n) is 10.6. The van der Waals surface area contributed by atoms with Crippen molar-refractivity contribution in [2.45, 2.75) is 64.2 Å². The summed E-state index contributed by atoms with van der Waals surface area (Å²) in [6.45, 7) is 5.09. The van der Waals surface area contributed by atoms with Gasteiger partial charge in [-0.3, -0.25) is 0 Å². The van der Waals surface area contributed by atoms with Gasteiger partial charge in [-0.1, -0.05) is 100 Å². The third-order valence-corrected chi connectivity index (χ3v) is 5.16. The Bertz CT molecular complexity index is 597. The zero-order valence-corrected chi connectivity index (χ0v) is 17.3. The average molecular weight is 383 g/mol. The van der Waals surface area contributed by atoms with E-state index in [-0.39, 0.29) is 11.8 Å². The van der Waals surface area contributed by atoms with E-state index in [4.69, 9.17) is 9.47 Å². The van der Waals surface area contributed by atoms with E-state index in [0.717, 1.165) is 38.5 Å². The summed E-state index contributed by atoms with van der Waals surface area (Å²) in [6.07, 6.45) is 5.95. The fraction of sp³-hybridized carbons (Fsp3) is 0.480. The lowest BCUT2D eigenvalue weighted by Gasteiger charge is -2.19. The average Bonchev–Trinajstić information content (AvgIpc) is 2.75. The molecule has 152 valence electrons. The van der Waals surface area contributed by atoms with Crippen LogP contribution in [-0.2, 0) is 9.47 Å². The molecule has 0 aliphatic rings. The second kappa shape index (κ2) is 13.0. The Hall–Kier alpha value is -2.29. The minimum Gasteiger partial charge on any atom is -0.434 e. The number of hydrogen-bond acceptors (Lipinski definition) is 3. The molecule has 0 saturated heterocycles. The molecular formula is C25H34O3. The van der Waals surface area contributed by atoms with Crippen LogP contribution in [0.3, 0.4) is 0 Å². The van der Waals surface area contributed by atoms with E-state index in [9.17, 15) is 4.79 Å². The number of hydrogen-bond donors (Lipinski definition) is 0. The van der Waals surface area contributed by atoms with Crippen molar-refractivity contribution in [2.24, 2.45) is 0 Å². The Labute approximate surface area is 170 Å². The molecule has 0 spiro atoms. The summed E-state index contributed by atoms with van der Waals surface area (Å²) in [5.74, 6) is 0.442. The predicted octanol–water partition coefficient (Wildman–Crippen LogP) is 7.09. The zero-order valence-electron chi connectivity index (χ0n) is 17.3. The normalized spacial score (nSPS) is 12.9. The third-order valence-electron chi connectivity index (χ3n) is 5.16. The molecule has 0 amide bonds. The Morgan fingerprint density at radius 1 is 0.714 bits per heavy atom. The molecule has 28 heavy (non-hydrogen) atoms. The lowest BCUT2D eigenvalue weighted by atomic mass is 9.94. The van der Waals surface area contributed by atoms with Crippen molar-refractivity contribution in [1.29, 1.82) is 0 Å². The largest absolute Gasteiger partial charge is 0.508 e. The summed E-state index contributed by atoms with van der Waals surface area (Å²) in [4.78, 5) is 12.2. The van der Waals surface area contributed by atoms with Gasteiger partial charge in [-0.15, -0.1) is 0 Å². The predicted molar refractivity (Wildman–Crippen MR) is 115 cm³/mol. The summed E-state index contributed by atoms with van der Waals surface area (Å²) >= 11 is 0. The number of rotatable bonds is 12. The molecule has 3 heteroatoms. The number of benzene rings is 2. The molecule has 2 unspecified atom stereocenters. The van der Waals surface area contributed by atoms with Crippen LogP contribution in [0.15, 0.2) is 60.7 Å². The molecule has 0 bridgehead atoms. The van der Waals surface area contributed by atoms with E-state index < -0.39 is 6.16 Å². The van der Waals surface area contributed by atoms with Crippen molar-refractivity contribution in [3.8, 4) is 0 Å². The van der Waals surface area contributed by atoms with Crippen LogP contribution in [-0.4, -0.2) is 19.4 Å². The summed E-state index contributed by atoms with van der Waals surface area (Å²) in [5.41, 5.74) is 2.43. The van der Waals surface area contributed by atoms with Crippen LogP contribution < -0.4 is 0 Å². The highest BCUT2D eigenvalue weighted by molar-refractivity contribution is 5.60. The van der Waals surface area contributed by atoms with Crippen molar-refractivity contribution in [3.63, 3.8) is 0 Å². The highest BCUT2D eigenvalue weighted by Crippen LogP contribution is 2.24. The van der Waals surface area contributed by atoms with Crippen LogP contribution in [0.4, 0.5) is 4.79 Å². The maximum absolute atomic E-state index is 12.2. The minimum absolute atomic E-state index is 0.221. The summed E-state index contributed by atoms with van der Waals surface area (Å²) in [5, 5.41) is 0. The standard InChI is InChI=1S/C25H34O3/c1-3-5-13-23(21-15-9-7-10-16-21)19-27-25(26)28-20-24(14-6-4-2)22-17-11-8-12-18-22/h7-12,15-18,23-24H,3-6,13-14,19-20H2,1-2H3. The monoisotopic (exact) mass is 382 g/mol. The van der Waals surface area contributed by atoms with Crippen molar-refractivity contribution >= 4 is 6.16 Å². The van der Waals surface area contributed by atoms with E-state index in [2.05, 4.69) is 38.1 Å². The van der Waals surface area contributed by atoms with Gasteiger partial charge in [-0.2, -0.15) is 0 Å². The fourth-order valence-corrected chi connectivity index (χ4v) is 3.42. The first-order valence-corrected chi connectivity index (χ1v) is 10.6. The van der Waals surface area contributed by atoms with Gasteiger partial charge in [0.25, 0.3) is 0 Å². The highest BCUT2D eigenvalue weighted by atomic mass is 16.7. The van der Waals surface area contributed by atoms with Gasteiger partial charge in [0, 0.05) is 11.8 Å². The molecule has 3 nitrogen and oxygen atoms in total. The molecule has 0 fully saturated rings. The number of ether oxygens (including phenoxy) is 2. The van der Waals surface area contributed by atoms with Crippen LogP contribution in [0.25, 0.3) is 0 Å². The van der Waals surface area contributed by atoms with E-state index in [1.54, 1.807) is 0 Å². The number of unbranched alkanes of at least 4 members (excludes halogenated alkanes) is 2. The summed E-state index contributed by atoms with van der Waals surface area (Å²) in [6, 6.07) is 20.6. The van der Waals surface area contributed by atoms with Crippen LogP contribution in [0.1, 0.15) is 75.3 Å². The van der Waals surface area contributed by atoms with Gasteiger partial charge in [0.1, 0.15) is 13.2 Å². The van der Waals surface area contributed by atoms with Crippen LogP contribution >= 0.6 is 0 Å². The molecule has 0 N–H and O–H groups in total. The maximum atomic E-state index is 12.2. The van der Waals surface area contributed by atoms with Gasteiger partial charge in [0.05, 0.1) is 0 Å². The molecule has 0 radical (unpaired) electrons. The lowest BCUT2D eigenvalue weighted by Crippen LogP contribution is -2.17. The molecule has 2 rings (SSSR count). The second-order valence-electron chi connectivity index (χ2n) is 7.37. The van der Waals surface area contributed by atoms with E-state index >= 15 is 0 Å². The SMILES string of the molecule is CCCCC(COC(=O)OCC(CCCC)c1ccccc1)c1ccccc1. The zero-order chi connectivity index (χ0) is 20.0. The molecule has 0 heterocycles. The van der Waals surface area contributed by atoms with E-state index in [0.29, 0.717) is 13.2 Å². The Balaban J connectivity index is 1.86. The maximum Gasteiger partial charge on any atom is 0.508 e. The van der Waals surface area contributed by atoms with E-state index in [1.807, 2.05) is 36.4 Å². The molecule has 2 atom stereocenters. The van der Waals surface area contributed by atoms with Crippen LogP contribution in [0.5, 0.6) is 0 Å². The van der Waals surface area contributed by atoms with E-state index in [1.165, 1.54) is 11.1 Å². The molecule has 0 aliphatic carbocycles. The smallest absolute Gasteiger partial charge is 0.434 e. The van der Waals surface area contributed by atoms with Crippen LogP contribution in [0.2, 0.25) is 0 Å². The van der Waals surface area contributed by atoms with Crippen molar-refractivity contribution < 1.29 is 14.3 Å². The van der Waals surface area contributed by atoms with Gasteiger partial charge in [0.2, 0.25) is 0 Å².